The lowest BCUT2D eigenvalue weighted by Crippen LogP contribution is -2.46. The molecule has 0 aliphatic rings. The van der Waals surface area contributed by atoms with Gasteiger partial charge in [0.2, 0.25) is 0 Å². The first-order chi connectivity index (χ1) is 10.9. The second-order valence-corrected chi connectivity index (χ2v) is 5.43. The first-order valence-electron chi connectivity index (χ1n) is 7.88. The quantitative estimate of drug-likeness (QED) is 0.663. The van der Waals surface area contributed by atoms with Gasteiger partial charge in [-0.3, -0.25) is 9.59 Å². The van der Waals surface area contributed by atoms with Gasteiger partial charge in [0.15, 0.2) is 0 Å². The van der Waals surface area contributed by atoms with Crippen LogP contribution in [-0.4, -0.2) is 36.2 Å². The average molecular weight is 322 g/mol. The molecule has 0 saturated carbocycles. The summed E-state index contributed by atoms with van der Waals surface area (Å²) in [5, 5.41) is 14.2. The first-order valence-corrected chi connectivity index (χ1v) is 7.88. The van der Waals surface area contributed by atoms with E-state index in [1.54, 1.807) is 6.92 Å². The van der Waals surface area contributed by atoms with E-state index in [1.807, 2.05) is 39.0 Å². The van der Waals surface area contributed by atoms with Crippen molar-refractivity contribution in [1.82, 2.24) is 10.6 Å². The van der Waals surface area contributed by atoms with Crippen LogP contribution < -0.4 is 15.4 Å². The molecule has 2 unspecified atom stereocenters. The van der Waals surface area contributed by atoms with Crippen LogP contribution in [0.4, 0.5) is 0 Å². The minimum Gasteiger partial charge on any atom is -0.494 e. The van der Waals surface area contributed by atoms with Gasteiger partial charge in [0.1, 0.15) is 5.75 Å². The fourth-order valence-electron chi connectivity index (χ4n) is 2.16. The second-order valence-electron chi connectivity index (χ2n) is 5.43. The molecule has 6 nitrogen and oxygen atoms in total. The fraction of sp³-hybridized carbons (Fsp3) is 0.529. The van der Waals surface area contributed by atoms with Gasteiger partial charge in [0, 0.05) is 5.56 Å². The Labute approximate surface area is 137 Å². The number of hydrogen-bond donors (Lipinski definition) is 3. The fourth-order valence-corrected chi connectivity index (χ4v) is 2.16. The SMILES string of the molecule is CCOc1ccc(C)cc1C(C)NC(=O)C(=O)NC(CC)CO. The molecule has 0 radical (unpaired) electrons. The summed E-state index contributed by atoms with van der Waals surface area (Å²) in [6, 6.07) is 4.93. The molecule has 1 rings (SSSR count). The molecule has 1 aromatic carbocycles. The van der Waals surface area contributed by atoms with Gasteiger partial charge in [0.05, 0.1) is 25.3 Å². The Kier molecular flexibility index (Phi) is 7.54. The van der Waals surface area contributed by atoms with E-state index in [2.05, 4.69) is 10.6 Å². The van der Waals surface area contributed by atoms with Crippen LogP contribution in [-0.2, 0) is 9.59 Å². The first kappa shape index (κ1) is 19.0. The van der Waals surface area contributed by atoms with Gasteiger partial charge in [0.25, 0.3) is 0 Å². The van der Waals surface area contributed by atoms with Crippen molar-refractivity contribution in [2.75, 3.05) is 13.2 Å². The van der Waals surface area contributed by atoms with Gasteiger partial charge in [-0.15, -0.1) is 0 Å². The zero-order chi connectivity index (χ0) is 17.4. The van der Waals surface area contributed by atoms with Crippen LogP contribution >= 0.6 is 0 Å². The molecule has 128 valence electrons. The third-order valence-corrected chi connectivity index (χ3v) is 3.53. The molecule has 3 N–H and O–H groups in total. The highest BCUT2D eigenvalue weighted by atomic mass is 16.5. The van der Waals surface area contributed by atoms with E-state index in [4.69, 9.17) is 9.84 Å². The maximum atomic E-state index is 12.0. The van der Waals surface area contributed by atoms with Crippen molar-refractivity contribution < 1.29 is 19.4 Å². The molecule has 2 amide bonds. The Morgan fingerprint density at radius 3 is 2.43 bits per heavy atom. The van der Waals surface area contributed by atoms with Gasteiger partial charge in [-0.2, -0.15) is 0 Å². The van der Waals surface area contributed by atoms with Crippen LogP contribution in [0.15, 0.2) is 18.2 Å². The second kappa shape index (κ2) is 9.15. The number of amides is 2. The number of ether oxygens (including phenoxy) is 1. The third kappa shape index (κ3) is 5.56. The summed E-state index contributed by atoms with van der Waals surface area (Å²) in [4.78, 5) is 23.9. The number of carbonyl (C=O) groups excluding carboxylic acids is 2. The van der Waals surface area contributed by atoms with Crippen molar-refractivity contribution >= 4 is 11.8 Å². The summed E-state index contributed by atoms with van der Waals surface area (Å²) in [6.07, 6.45) is 0.553. The summed E-state index contributed by atoms with van der Waals surface area (Å²) in [7, 11) is 0. The molecule has 0 fully saturated rings. The minimum absolute atomic E-state index is 0.197. The highest BCUT2D eigenvalue weighted by Gasteiger charge is 2.21. The molecule has 2 atom stereocenters. The van der Waals surface area contributed by atoms with Gasteiger partial charge in [-0.25, -0.2) is 0 Å². The lowest BCUT2D eigenvalue weighted by molar-refractivity contribution is -0.140. The summed E-state index contributed by atoms with van der Waals surface area (Å²) in [5.41, 5.74) is 1.86. The standard InChI is InChI=1S/C17H26N2O4/c1-5-13(10-20)19-17(22)16(21)18-12(4)14-9-11(3)7-8-15(14)23-6-2/h7-9,12-13,20H,5-6,10H2,1-4H3,(H,18,21)(H,19,22). The number of rotatable bonds is 7. The van der Waals surface area contributed by atoms with E-state index in [0.717, 1.165) is 11.1 Å². The Hall–Kier alpha value is -2.08. The normalized spacial score (nSPS) is 13.1. The van der Waals surface area contributed by atoms with Crippen LogP contribution in [0.5, 0.6) is 5.75 Å². The Morgan fingerprint density at radius 1 is 1.22 bits per heavy atom. The third-order valence-electron chi connectivity index (χ3n) is 3.53. The van der Waals surface area contributed by atoms with Crippen molar-refractivity contribution in [1.29, 1.82) is 0 Å². The summed E-state index contributed by atoms with van der Waals surface area (Å²) in [6.45, 7) is 7.78. The summed E-state index contributed by atoms with van der Waals surface area (Å²) < 4.78 is 5.57. The highest BCUT2D eigenvalue weighted by Crippen LogP contribution is 2.26. The molecule has 0 aromatic heterocycles. The van der Waals surface area contributed by atoms with Crippen molar-refractivity contribution in [3.05, 3.63) is 29.3 Å². The summed E-state index contributed by atoms with van der Waals surface area (Å²) in [5.74, 6) is -0.787. The van der Waals surface area contributed by atoms with E-state index < -0.39 is 17.9 Å². The Balaban J connectivity index is 2.78. The monoisotopic (exact) mass is 322 g/mol. The van der Waals surface area contributed by atoms with Crippen LogP contribution in [0.2, 0.25) is 0 Å². The zero-order valence-corrected chi connectivity index (χ0v) is 14.2. The maximum absolute atomic E-state index is 12.0. The van der Waals surface area contributed by atoms with Gasteiger partial charge >= 0.3 is 11.8 Å². The van der Waals surface area contributed by atoms with Crippen LogP contribution in [0, 0.1) is 6.92 Å². The molecule has 1 aromatic rings. The van der Waals surface area contributed by atoms with E-state index >= 15 is 0 Å². The largest absolute Gasteiger partial charge is 0.494 e. The number of aliphatic hydroxyl groups excluding tert-OH is 1. The summed E-state index contributed by atoms with van der Waals surface area (Å²) >= 11 is 0. The van der Waals surface area contributed by atoms with Crippen molar-refractivity contribution in [2.24, 2.45) is 0 Å². The van der Waals surface area contributed by atoms with E-state index in [1.165, 1.54) is 0 Å². The molecule has 0 saturated heterocycles. The molecule has 0 bridgehead atoms. The number of aliphatic hydroxyl groups is 1. The topological polar surface area (TPSA) is 87.7 Å². The predicted octanol–water partition coefficient (Wildman–Crippen LogP) is 1.46. The van der Waals surface area contributed by atoms with E-state index in [0.29, 0.717) is 18.8 Å². The Bertz CT molecular complexity index is 541. The molecular formula is C17H26N2O4. The molecule has 23 heavy (non-hydrogen) atoms. The molecular weight excluding hydrogens is 296 g/mol. The number of carbonyl (C=O) groups is 2. The number of benzene rings is 1. The van der Waals surface area contributed by atoms with Crippen LogP contribution in [0.3, 0.4) is 0 Å². The van der Waals surface area contributed by atoms with Crippen LogP contribution in [0.25, 0.3) is 0 Å². The Morgan fingerprint density at radius 2 is 1.87 bits per heavy atom. The number of hydrogen-bond acceptors (Lipinski definition) is 4. The van der Waals surface area contributed by atoms with Crippen LogP contribution in [0.1, 0.15) is 44.4 Å². The molecule has 6 heteroatoms. The highest BCUT2D eigenvalue weighted by molar-refractivity contribution is 6.35. The van der Waals surface area contributed by atoms with Gasteiger partial charge < -0.3 is 20.5 Å². The zero-order valence-electron chi connectivity index (χ0n) is 14.2. The van der Waals surface area contributed by atoms with Crippen molar-refractivity contribution in [2.45, 2.75) is 46.2 Å². The molecule has 0 spiro atoms. The van der Waals surface area contributed by atoms with Gasteiger partial charge in [-0.05, 0) is 33.3 Å². The average Bonchev–Trinajstić information content (AvgIpc) is 2.53. The predicted molar refractivity (Wildman–Crippen MR) is 88.2 cm³/mol. The number of aryl methyl sites for hydroxylation is 1. The van der Waals surface area contributed by atoms with Crippen molar-refractivity contribution in [3.63, 3.8) is 0 Å². The molecule has 0 aliphatic carbocycles. The maximum Gasteiger partial charge on any atom is 0.309 e. The minimum atomic E-state index is -0.747. The molecule has 0 heterocycles. The molecule has 0 aliphatic heterocycles. The van der Waals surface area contributed by atoms with Crippen molar-refractivity contribution in [3.8, 4) is 5.75 Å². The van der Waals surface area contributed by atoms with Gasteiger partial charge in [-0.1, -0.05) is 24.6 Å². The smallest absolute Gasteiger partial charge is 0.309 e. The lowest BCUT2D eigenvalue weighted by atomic mass is 10.0. The van der Waals surface area contributed by atoms with E-state index in [9.17, 15) is 9.59 Å². The lowest BCUT2D eigenvalue weighted by Gasteiger charge is -2.19. The number of nitrogens with one attached hydrogen (secondary N) is 2. The van der Waals surface area contributed by atoms with E-state index in [-0.39, 0.29) is 12.6 Å².